The molecule has 2 aliphatic heterocycles. The van der Waals surface area contributed by atoms with Crippen molar-refractivity contribution in [3.63, 3.8) is 0 Å². The summed E-state index contributed by atoms with van der Waals surface area (Å²) in [4.78, 5) is 39.9. The second-order valence-electron chi connectivity index (χ2n) is 5.87. The van der Waals surface area contributed by atoms with Gasteiger partial charge in [-0.05, 0) is 25.9 Å². The Balaban J connectivity index is 2.07. The van der Waals surface area contributed by atoms with Crippen molar-refractivity contribution in [2.75, 3.05) is 53.6 Å². The molecule has 0 radical (unpaired) electrons. The molecule has 2 aliphatic rings. The van der Waals surface area contributed by atoms with Gasteiger partial charge in [0.05, 0.1) is 13.7 Å². The smallest absolute Gasteiger partial charge is 0.330 e. The van der Waals surface area contributed by atoms with Gasteiger partial charge in [-0.15, -0.1) is 0 Å². The van der Waals surface area contributed by atoms with Crippen molar-refractivity contribution in [1.29, 1.82) is 0 Å². The fourth-order valence-electron chi connectivity index (χ4n) is 3.13. The summed E-state index contributed by atoms with van der Waals surface area (Å²) in [6.45, 7) is 2.50. The zero-order valence-corrected chi connectivity index (χ0v) is 13.7. The zero-order chi connectivity index (χ0) is 16.8. The third kappa shape index (κ3) is 4.20. The summed E-state index contributed by atoms with van der Waals surface area (Å²) in [6.07, 6.45) is 1.55. The van der Waals surface area contributed by atoms with Gasteiger partial charge in [0.25, 0.3) is 0 Å². The number of ether oxygens (including phenoxy) is 2. The molecule has 0 aliphatic carbocycles. The Kier molecular flexibility index (Phi) is 6.35. The van der Waals surface area contributed by atoms with Gasteiger partial charge in [0, 0.05) is 26.1 Å². The number of piperazine rings is 1. The number of piperidine rings is 1. The summed E-state index contributed by atoms with van der Waals surface area (Å²) in [5.41, 5.74) is 0. The van der Waals surface area contributed by atoms with Crippen molar-refractivity contribution >= 4 is 17.8 Å². The minimum atomic E-state index is -0.739. The van der Waals surface area contributed by atoms with Crippen LogP contribution in [0.2, 0.25) is 0 Å². The Morgan fingerprint density at radius 1 is 1.13 bits per heavy atom. The number of rotatable bonds is 4. The van der Waals surface area contributed by atoms with Crippen LogP contribution in [0.1, 0.15) is 12.8 Å². The van der Waals surface area contributed by atoms with Gasteiger partial charge >= 0.3 is 5.97 Å². The van der Waals surface area contributed by atoms with Crippen LogP contribution in [0.15, 0.2) is 0 Å². The maximum absolute atomic E-state index is 12.7. The first-order chi connectivity index (χ1) is 11.1. The Morgan fingerprint density at radius 2 is 1.83 bits per heavy atom. The number of esters is 1. The highest BCUT2D eigenvalue weighted by Crippen LogP contribution is 2.20. The Bertz CT molecular complexity index is 450. The number of carbonyl (C=O) groups excluding carboxylic acids is 3. The largest absolute Gasteiger partial charge is 0.467 e. The van der Waals surface area contributed by atoms with E-state index in [0.717, 1.165) is 25.9 Å². The average molecular weight is 327 g/mol. The van der Waals surface area contributed by atoms with Crippen molar-refractivity contribution in [3.05, 3.63) is 0 Å². The van der Waals surface area contributed by atoms with E-state index in [2.05, 4.69) is 5.32 Å². The molecule has 1 atom stereocenters. The van der Waals surface area contributed by atoms with Crippen LogP contribution in [-0.2, 0) is 23.9 Å². The van der Waals surface area contributed by atoms with Gasteiger partial charge < -0.3 is 24.6 Å². The molecule has 0 spiro atoms. The van der Waals surface area contributed by atoms with Gasteiger partial charge in [-0.3, -0.25) is 9.59 Å². The maximum Gasteiger partial charge on any atom is 0.330 e. The van der Waals surface area contributed by atoms with E-state index in [9.17, 15) is 14.4 Å². The second-order valence-corrected chi connectivity index (χ2v) is 5.87. The number of nitrogens with one attached hydrogen (secondary N) is 1. The van der Waals surface area contributed by atoms with Crippen molar-refractivity contribution in [3.8, 4) is 0 Å². The number of nitrogens with zero attached hydrogens (tertiary/aromatic N) is 2. The van der Waals surface area contributed by atoms with Crippen molar-refractivity contribution in [2.45, 2.75) is 18.9 Å². The number of hydrogen-bond donors (Lipinski definition) is 1. The van der Waals surface area contributed by atoms with Gasteiger partial charge in [0.1, 0.15) is 12.6 Å². The molecular formula is C15H25N3O5. The minimum Gasteiger partial charge on any atom is -0.467 e. The van der Waals surface area contributed by atoms with Crippen LogP contribution >= 0.6 is 0 Å². The first-order valence-corrected chi connectivity index (χ1v) is 7.94. The summed E-state index contributed by atoms with van der Waals surface area (Å²) in [5.74, 6) is -0.747. The van der Waals surface area contributed by atoms with Crippen molar-refractivity contribution < 1.29 is 23.9 Å². The highest BCUT2D eigenvalue weighted by molar-refractivity contribution is 5.87. The van der Waals surface area contributed by atoms with E-state index in [-0.39, 0.29) is 30.9 Å². The highest BCUT2D eigenvalue weighted by Gasteiger charge is 2.39. The molecule has 0 aromatic heterocycles. The summed E-state index contributed by atoms with van der Waals surface area (Å²) in [7, 11) is 2.75. The second kappa shape index (κ2) is 8.26. The first kappa shape index (κ1) is 17.7. The molecule has 1 N–H and O–H groups in total. The zero-order valence-electron chi connectivity index (χ0n) is 13.7. The summed E-state index contributed by atoms with van der Waals surface area (Å²) < 4.78 is 9.68. The quantitative estimate of drug-likeness (QED) is 0.656. The van der Waals surface area contributed by atoms with Crippen LogP contribution < -0.4 is 5.32 Å². The SMILES string of the molecule is COCC(=O)N1CCN(C(=O)C2CCNCC2)C(C(=O)OC)C1. The molecule has 0 saturated carbocycles. The Morgan fingerprint density at radius 3 is 2.43 bits per heavy atom. The summed E-state index contributed by atoms with van der Waals surface area (Å²) >= 11 is 0. The minimum absolute atomic E-state index is 0.0132. The normalized spacial score (nSPS) is 22.8. The van der Waals surface area contributed by atoms with E-state index < -0.39 is 12.0 Å². The topological polar surface area (TPSA) is 88.2 Å². The van der Waals surface area contributed by atoms with Gasteiger partial charge in [0.2, 0.25) is 11.8 Å². The maximum atomic E-state index is 12.7. The van der Waals surface area contributed by atoms with Gasteiger partial charge in [-0.2, -0.15) is 0 Å². The molecule has 130 valence electrons. The molecule has 2 heterocycles. The van der Waals surface area contributed by atoms with Gasteiger partial charge in [-0.1, -0.05) is 0 Å². The lowest BCUT2D eigenvalue weighted by atomic mass is 9.95. The predicted octanol–water partition coefficient (Wildman–Crippen LogP) is -1.16. The third-order valence-corrected chi connectivity index (χ3v) is 4.45. The number of carbonyl (C=O) groups is 3. The van der Waals surface area contributed by atoms with Crippen LogP contribution in [0.3, 0.4) is 0 Å². The number of amides is 2. The van der Waals surface area contributed by atoms with Crippen LogP contribution in [0, 0.1) is 5.92 Å². The average Bonchev–Trinajstić information content (AvgIpc) is 2.60. The molecule has 0 aromatic rings. The van der Waals surface area contributed by atoms with E-state index in [0.29, 0.717) is 13.1 Å². The molecular weight excluding hydrogens is 302 g/mol. The molecule has 0 aromatic carbocycles. The predicted molar refractivity (Wildman–Crippen MR) is 81.6 cm³/mol. The van der Waals surface area contributed by atoms with E-state index >= 15 is 0 Å². The fourth-order valence-corrected chi connectivity index (χ4v) is 3.13. The number of hydrogen-bond acceptors (Lipinski definition) is 6. The molecule has 8 nitrogen and oxygen atoms in total. The van der Waals surface area contributed by atoms with Gasteiger partial charge in [-0.25, -0.2) is 4.79 Å². The first-order valence-electron chi connectivity index (χ1n) is 7.94. The molecule has 1 unspecified atom stereocenters. The summed E-state index contributed by atoms with van der Waals surface area (Å²) in [5, 5.41) is 3.22. The lowest BCUT2D eigenvalue weighted by molar-refractivity contribution is -0.161. The van der Waals surface area contributed by atoms with E-state index in [1.807, 2.05) is 0 Å². The molecule has 2 rings (SSSR count). The van der Waals surface area contributed by atoms with E-state index in [1.165, 1.54) is 14.2 Å². The molecule has 2 fully saturated rings. The lowest BCUT2D eigenvalue weighted by Gasteiger charge is -2.41. The third-order valence-electron chi connectivity index (χ3n) is 4.45. The number of methoxy groups -OCH3 is 2. The van der Waals surface area contributed by atoms with Crippen LogP contribution in [0.25, 0.3) is 0 Å². The molecule has 2 amide bonds. The van der Waals surface area contributed by atoms with Crippen LogP contribution in [0.5, 0.6) is 0 Å². The van der Waals surface area contributed by atoms with Crippen molar-refractivity contribution in [2.24, 2.45) is 5.92 Å². The molecule has 0 bridgehead atoms. The monoisotopic (exact) mass is 327 g/mol. The molecule has 23 heavy (non-hydrogen) atoms. The fraction of sp³-hybridized carbons (Fsp3) is 0.800. The Hall–Kier alpha value is -1.67. The summed E-state index contributed by atoms with van der Waals surface area (Å²) in [6, 6.07) is -0.739. The standard InChI is InChI=1S/C15H25N3O5/c1-22-10-13(19)17-7-8-18(12(9-17)15(21)23-2)14(20)11-3-5-16-6-4-11/h11-12,16H,3-10H2,1-2H3. The van der Waals surface area contributed by atoms with E-state index in [4.69, 9.17) is 9.47 Å². The van der Waals surface area contributed by atoms with Crippen LogP contribution in [0.4, 0.5) is 0 Å². The van der Waals surface area contributed by atoms with E-state index in [1.54, 1.807) is 9.80 Å². The van der Waals surface area contributed by atoms with Gasteiger partial charge in [0.15, 0.2) is 0 Å². The lowest BCUT2D eigenvalue weighted by Crippen LogP contribution is -2.61. The Labute approximate surface area is 136 Å². The van der Waals surface area contributed by atoms with Crippen molar-refractivity contribution in [1.82, 2.24) is 15.1 Å². The molecule has 2 saturated heterocycles. The van der Waals surface area contributed by atoms with Crippen LogP contribution in [-0.4, -0.2) is 87.2 Å². The molecule has 8 heteroatoms. The highest BCUT2D eigenvalue weighted by atomic mass is 16.5.